The molecule has 5 nitrogen and oxygen atoms in total. The summed E-state index contributed by atoms with van der Waals surface area (Å²) in [4.78, 5) is 10.1. The molecule has 0 aliphatic carbocycles. The van der Waals surface area contributed by atoms with Gasteiger partial charge in [-0.3, -0.25) is 10.1 Å². The van der Waals surface area contributed by atoms with Gasteiger partial charge in [0.1, 0.15) is 0 Å². The standard InChI is InChI=1S/C11H10ClN3O2/c1-7-11(12)8(2)14(13-7)9-3-5-10(6-4-9)15(16)17/h3-6H,1-2H3. The minimum atomic E-state index is -0.433. The van der Waals surface area contributed by atoms with E-state index in [9.17, 15) is 10.1 Å². The van der Waals surface area contributed by atoms with Crippen molar-refractivity contribution < 1.29 is 4.92 Å². The Bertz CT molecular complexity index is 575. The Kier molecular flexibility index (Phi) is 2.85. The molecule has 88 valence electrons. The van der Waals surface area contributed by atoms with Crippen molar-refractivity contribution in [2.24, 2.45) is 0 Å². The lowest BCUT2D eigenvalue weighted by molar-refractivity contribution is -0.384. The Morgan fingerprint density at radius 1 is 1.29 bits per heavy atom. The molecule has 0 aliphatic heterocycles. The van der Waals surface area contributed by atoms with Crippen LogP contribution in [0.25, 0.3) is 5.69 Å². The third-order valence-electron chi connectivity index (χ3n) is 2.51. The molecular weight excluding hydrogens is 242 g/mol. The molecule has 0 radical (unpaired) electrons. The van der Waals surface area contributed by atoms with E-state index in [2.05, 4.69) is 5.10 Å². The van der Waals surface area contributed by atoms with E-state index >= 15 is 0 Å². The highest BCUT2D eigenvalue weighted by Crippen LogP contribution is 2.23. The van der Waals surface area contributed by atoms with E-state index in [1.54, 1.807) is 16.8 Å². The normalized spacial score (nSPS) is 10.5. The molecule has 2 aromatic rings. The van der Waals surface area contributed by atoms with Gasteiger partial charge in [-0.05, 0) is 26.0 Å². The lowest BCUT2D eigenvalue weighted by Crippen LogP contribution is -1.99. The van der Waals surface area contributed by atoms with E-state index in [1.165, 1.54) is 12.1 Å². The molecule has 0 bridgehead atoms. The van der Waals surface area contributed by atoms with Gasteiger partial charge in [-0.15, -0.1) is 0 Å². The van der Waals surface area contributed by atoms with Crippen molar-refractivity contribution in [2.45, 2.75) is 13.8 Å². The first-order valence-electron chi connectivity index (χ1n) is 4.97. The molecule has 0 spiro atoms. The van der Waals surface area contributed by atoms with Crippen molar-refractivity contribution in [3.8, 4) is 5.69 Å². The summed E-state index contributed by atoms with van der Waals surface area (Å²) in [6, 6.07) is 6.18. The third-order valence-corrected chi connectivity index (χ3v) is 3.06. The molecule has 6 heteroatoms. The number of halogens is 1. The molecule has 0 atom stereocenters. The molecule has 0 fully saturated rings. The Hall–Kier alpha value is -1.88. The number of rotatable bonds is 2. The molecular formula is C11H10ClN3O2. The second-order valence-corrected chi connectivity index (χ2v) is 4.05. The van der Waals surface area contributed by atoms with Crippen molar-refractivity contribution in [3.63, 3.8) is 0 Å². The predicted octanol–water partition coefficient (Wildman–Crippen LogP) is 3.05. The number of nitrogens with zero attached hydrogens (tertiary/aromatic N) is 3. The summed E-state index contributed by atoms with van der Waals surface area (Å²) < 4.78 is 1.67. The van der Waals surface area contributed by atoms with Crippen LogP contribution in [-0.2, 0) is 0 Å². The first kappa shape index (κ1) is 11.6. The van der Waals surface area contributed by atoms with Crippen LogP contribution in [0, 0.1) is 24.0 Å². The lowest BCUT2D eigenvalue weighted by atomic mass is 10.3. The fourth-order valence-corrected chi connectivity index (χ4v) is 1.71. The fourth-order valence-electron chi connectivity index (χ4n) is 1.59. The van der Waals surface area contributed by atoms with Crippen molar-refractivity contribution in [3.05, 3.63) is 50.8 Å². The van der Waals surface area contributed by atoms with Gasteiger partial charge in [0, 0.05) is 12.1 Å². The highest BCUT2D eigenvalue weighted by atomic mass is 35.5. The molecule has 17 heavy (non-hydrogen) atoms. The van der Waals surface area contributed by atoms with Crippen molar-refractivity contribution >= 4 is 17.3 Å². The minimum Gasteiger partial charge on any atom is -0.258 e. The molecule has 0 saturated heterocycles. The first-order chi connectivity index (χ1) is 8.00. The zero-order chi connectivity index (χ0) is 12.6. The second-order valence-electron chi connectivity index (χ2n) is 3.67. The summed E-state index contributed by atoms with van der Waals surface area (Å²) in [6.45, 7) is 3.67. The smallest absolute Gasteiger partial charge is 0.258 e. The molecule has 2 rings (SSSR count). The lowest BCUT2D eigenvalue weighted by Gasteiger charge is -2.03. The summed E-state index contributed by atoms with van der Waals surface area (Å²) in [7, 11) is 0. The fraction of sp³-hybridized carbons (Fsp3) is 0.182. The largest absolute Gasteiger partial charge is 0.269 e. The molecule has 0 saturated carbocycles. The second kappa shape index (κ2) is 4.18. The van der Waals surface area contributed by atoms with Crippen molar-refractivity contribution in [1.29, 1.82) is 0 Å². The molecule has 1 aromatic heterocycles. The van der Waals surface area contributed by atoms with E-state index < -0.39 is 4.92 Å². The Balaban J connectivity index is 2.47. The summed E-state index contributed by atoms with van der Waals surface area (Å²) in [5.74, 6) is 0. The number of benzene rings is 1. The molecule has 0 N–H and O–H groups in total. The average Bonchev–Trinajstić information content (AvgIpc) is 2.57. The van der Waals surface area contributed by atoms with Crippen LogP contribution in [0.1, 0.15) is 11.4 Å². The highest BCUT2D eigenvalue weighted by Gasteiger charge is 2.11. The summed E-state index contributed by atoms with van der Waals surface area (Å²) in [5.41, 5.74) is 2.37. The SMILES string of the molecule is Cc1nn(-c2ccc([N+](=O)[O-])cc2)c(C)c1Cl. The maximum atomic E-state index is 10.5. The molecule has 0 aliphatic rings. The van der Waals surface area contributed by atoms with Crippen LogP contribution in [0.2, 0.25) is 5.02 Å². The summed E-state index contributed by atoms with van der Waals surface area (Å²) >= 11 is 6.04. The van der Waals surface area contributed by atoms with E-state index in [0.29, 0.717) is 5.02 Å². The first-order valence-corrected chi connectivity index (χ1v) is 5.35. The minimum absolute atomic E-state index is 0.0568. The number of hydrogen-bond donors (Lipinski definition) is 0. The van der Waals surface area contributed by atoms with Gasteiger partial charge in [-0.2, -0.15) is 5.10 Å². The van der Waals surface area contributed by atoms with Crippen LogP contribution >= 0.6 is 11.6 Å². The highest BCUT2D eigenvalue weighted by molar-refractivity contribution is 6.31. The average molecular weight is 252 g/mol. The molecule has 0 unspecified atom stereocenters. The molecule has 0 amide bonds. The summed E-state index contributed by atoms with van der Waals surface area (Å²) in [5, 5.41) is 15.4. The van der Waals surface area contributed by atoms with E-state index in [4.69, 9.17) is 11.6 Å². The zero-order valence-corrected chi connectivity index (χ0v) is 10.1. The van der Waals surface area contributed by atoms with Gasteiger partial charge in [0.05, 0.1) is 27.0 Å². The van der Waals surface area contributed by atoms with Crippen LogP contribution in [0.3, 0.4) is 0 Å². The van der Waals surface area contributed by atoms with Crippen LogP contribution in [0.4, 0.5) is 5.69 Å². The molecule has 1 aromatic carbocycles. The predicted molar refractivity (Wildman–Crippen MR) is 64.7 cm³/mol. The van der Waals surface area contributed by atoms with Gasteiger partial charge >= 0.3 is 0 Å². The van der Waals surface area contributed by atoms with Crippen LogP contribution in [0.5, 0.6) is 0 Å². The van der Waals surface area contributed by atoms with Crippen molar-refractivity contribution in [2.75, 3.05) is 0 Å². The van der Waals surface area contributed by atoms with Gasteiger partial charge in [0.25, 0.3) is 5.69 Å². The Morgan fingerprint density at radius 3 is 2.29 bits per heavy atom. The van der Waals surface area contributed by atoms with E-state index in [-0.39, 0.29) is 5.69 Å². The number of nitro benzene ring substituents is 1. The van der Waals surface area contributed by atoms with E-state index in [1.807, 2.05) is 13.8 Å². The van der Waals surface area contributed by atoms with E-state index in [0.717, 1.165) is 17.1 Å². The number of non-ortho nitro benzene ring substituents is 1. The van der Waals surface area contributed by atoms with Gasteiger partial charge in [0.15, 0.2) is 0 Å². The van der Waals surface area contributed by atoms with Gasteiger partial charge in [-0.25, -0.2) is 4.68 Å². The third kappa shape index (κ3) is 2.01. The number of aryl methyl sites for hydroxylation is 1. The zero-order valence-electron chi connectivity index (χ0n) is 9.35. The van der Waals surface area contributed by atoms with Crippen molar-refractivity contribution in [1.82, 2.24) is 9.78 Å². The number of nitro groups is 1. The van der Waals surface area contributed by atoms with Gasteiger partial charge < -0.3 is 0 Å². The van der Waals surface area contributed by atoms with Gasteiger partial charge in [0.2, 0.25) is 0 Å². The van der Waals surface area contributed by atoms with Crippen LogP contribution in [-0.4, -0.2) is 14.7 Å². The summed E-state index contributed by atoms with van der Waals surface area (Å²) in [6.07, 6.45) is 0. The maximum Gasteiger partial charge on any atom is 0.269 e. The maximum absolute atomic E-state index is 10.5. The quantitative estimate of drug-likeness (QED) is 0.609. The Labute approximate surface area is 103 Å². The topological polar surface area (TPSA) is 61.0 Å². The molecule has 1 heterocycles. The number of hydrogen-bond acceptors (Lipinski definition) is 3. The van der Waals surface area contributed by atoms with Gasteiger partial charge in [-0.1, -0.05) is 11.6 Å². The monoisotopic (exact) mass is 251 g/mol. The van der Waals surface area contributed by atoms with Crippen LogP contribution < -0.4 is 0 Å². The Morgan fingerprint density at radius 2 is 1.88 bits per heavy atom. The van der Waals surface area contributed by atoms with Crippen LogP contribution in [0.15, 0.2) is 24.3 Å². The number of aromatic nitrogens is 2.